The van der Waals surface area contributed by atoms with Gasteiger partial charge in [-0.3, -0.25) is 9.69 Å². The molecule has 0 bridgehead atoms. The van der Waals surface area contributed by atoms with Crippen LogP contribution in [0.1, 0.15) is 26.2 Å². The zero-order valence-electron chi connectivity index (χ0n) is 9.95. The van der Waals surface area contributed by atoms with Gasteiger partial charge >= 0.3 is 5.97 Å². The summed E-state index contributed by atoms with van der Waals surface area (Å²) in [5.74, 6) is -0.127. The number of nitrogens with one attached hydrogen (secondary N) is 1. The summed E-state index contributed by atoms with van der Waals surface area (Å²) in [6.45, 7) is 4.23. The van der Waals surface area contributed by atoms with Crippen LogP contribution in [0.5, 0.6) is 0 Å². The maximum absolute atomic E-state index is 11.1. The minimum absolute atomic E-state index is 0.127. The van der Waals surface area contributed by atoms with Gasteiger partial charge in [0.15, 0.2) is 0 Å². The molecule has 1 aliphatic rings. The quantitative estimate of drug-likeness (QED) is 0.697. The first-order valence-corrected chi connectivity index (χ1v) is 5.64. The maximum Gasteiger partial charge on any atom is 0.307 e. The number of carbonyl (C=O) groups excluding carboxylic acids is 1. The first kappa shape index (κ1) is 12.5. The van der Waals surface area contributed by atoms with E-state index in [0.717, 1.165) is 13.1 Å². The van der Waals surface area contributed by atoms with Crippen molar-refractivity contribution in [2.24, 2.45) is 0 Å². The van der Waals surface area contributed by atoms with Crippen molar-refractivity contribution in [3.05, 3.63) is 0 Å². The van der Waals surface area contributed by atoms with Crippen LogP contribution in [0, 0.1) is 0 Å². The van der Waals surface area contributed by atoms with E-state index in [2.05, 4.69) is 28.9 Å². The Balaban J connectivity index is 2.36. The Morgan fingerprint density at radius 3 is 2.93 bits per heavy atom. The second-order valence-corrected chi connectivity index (χ2v) is 4.29. The predicted molar refractivity (Wildman–Crippen MR) is 59.7 cm³/mol. The molecule has 1 rings (SSSR count). The molecule has 0 aromatic carbocycles. The highest BCUT2D eigenvalue weighted by molar-refractivity contribution is 5.69. The maximum atomic E-state index is 11.1. The Labute approximate surface area is 92.0 Å². The van der Waals surface area contributed by atoms with Crippen LogP contribution < -0.4 is 5.32 Å². The van der Waals surface area contributed by atoms with Crippen molar-refractivity contribution in [2.75, 3.05) is 27.2 Å². The van der Waals surface area contributed by atoms with E-state index in [1.807, 2.05) is 0 Å². The molecule has 1 N–H and O–H groups in total. The Kier molecular flexibility index (Phi) is 5.05. The predicted octanol–water partition coefficient (Wildman–Crippen LogP) is 0.622. The normalized spacial score (nSPS) is 23.9. The summed E-state index contributed by atoms with van der Waals surface area (Å²) < 4.78 is 4.68. The van der Waals surface area contributed by atoms with Gasteiger partial charge in [0.2, 0.25) is 0 Å². The third-order valence-electron chi connectivity index (χ3n) is 3.23. The number of methoxy groups -OCH3 is 1. The van der Waals surface area contributed by atoms with E-state index in [1.165, 1.54) is 20.0 Å². The molecular weight excluding hydrogens is 192 g/mol. The molecule has 88 valence electrons. The van der Waals surface area contributed by atoms with Gasteiger partial charge in [-0.05, 0) is 33.4 Å². The van der Waals surface area contributed by atoms with Gasteiger partial charge in [0.1, 0.15) is 0 Å². The van der Waals surface area contributed by atoms with Crippen molar-refractivity contribution in [2.45, 2.75) is 38.3 Å². The van der Waals surface area contributed by atoms with Crippen molar-refractivity contribution in [3.63, 3.8) is 0 Å². The second-order valence-electron chi connectivity index (χ2n) is 4.29. The van der Waals surface area contributed by atoms with Gasteiger partial charge in [-0.1, -0.05) is 0 Å². The molecule has 0 aliphatic carbocycles. The minimum Gasteiger partial charge on any atom is -0.469 e. The van der Waals surface area contributed by atoms with Gasteiger partial charge < -0.3 is 10.1 Å². The number of ether oxygens (including phenoxy) is 1. The molecule has 0 aromatic heterocycles. The first-order chi connectivity index (χ1) is 7.15. The van der Waals surface area contributed by atoms with Gasteiger partial charge in [-0.15, -0.1) is 0 Å². The molecule has 1 aliphatic heterocycles. The third-order valence-corrected chi connectivity index (χ3v) is 3.23. The van der Waals surface area contributed by atoms with Crippen LogP contribution in [0.25, 0.3) is 0 Å². The summed E-state index contributed by atoms with van der Waals surface area (Å²) in [6, 6.07) is 0.806. The molecule has 0 amide bonds. The number of hydrogen-bond acceptors (Lipinski definition) is 4. The van der Waals surface area contributed by atoms with Crippen molar-refractivity contribution >= 4 is 5.97 Å². The lowest BCUT2D eigenvalue weighted by atomic mass is 10.0. The molecule has 0 aromatic rings. The van der Waals surface area contributed by atoms with Crippen LogP contribution in [0.15, 0.2) is 0 Å². The number of nitrogens with zero attached hydrogens (tertiary/aromatic N) is 1. The number of piperidine rings is 1. The van der Waals surface area contributed by atoms with Gasteiger partial charge in [0.05, 0.1) is 13.5 Å². The van der Waals surface area contributed by atoms with Crippen molar-refractivity contribution in [1.29, 1.82) is 0 Å². The number of rotatable bonds is 4. The molecule has 4 nitrogen and oxygen atoms in total. The van der Waals surface area contributed by atoms with E-state index in [9.17, 15) is 4.79 Å². The highest BCUT2D eigenvalue weighted by Crippen LogP contribution is 2.13. The minimum atomic E-state index is -0.127. The standard InChI is InChI=1S/C11H22N2O2/c1-9(7-11(14)15-3)13(2)10-5-4-6-12-8-10/h9-10,12H,4-8H2,1-3H3. The average molecular weight is 214 g/mol. The van der Waals surface area contributed by atoms with Crippen LogP contribution in [0.2, 0.25) is 0 Å². The summed E-state index contributed by atoms with van der Waals surface area (Å²) in [4.78, 5) is 13.4. The zero-order valence-corrected chi connectivity index (χ0v) is 9.95. The SMILES string of the molecule is COC(=O)CC(C)N(C)C1CCCNC1. The summed E-state index contributed by atoms with van der Waals surface area (Å²) in [5.41, 5.74) is 0. The monoisotopic (exact) mass is 214 g/mol. The van der Waals surface area contributed by atoms with Gasteiger partial charge in [-0.25, -0.2) is 0 Å². The van der Waals surface area contributed by atoms with E-state index in [-0.39, 0.29) is 12.0 Å². The summed E-state index contributed by atoms with van der Waals surface area (Å²) in [5, 5.41) is 3.38. The Bertz CT molecular complexity index is 203. The van der Waals surface area contributed by atoms with Crippen molar-refractivity contribution in [1.82, 2.24) is 10.2 Å². The van der Waals surface area contributed by atoms with Gasteiger partial charge in [0, 0.05) is 18.6 Å². The Morgan fingerprint density at radius 2 is 2.40 bits per heavy atom. The van der Waals surface area contributed by atoms with Crippen molar-refractivity contribution in [3.8, 4) is 0 Å². The fourth-order valence-corrected chi connectivity index (χ4v) is 2.01. The largest absolute Gasteiger partial charge is 0.469 e. The lowest BCUT2D eigenvalue weighted by Crippen LogP contribution is -2.48. The van der Waals surface area contributed by atoms with Crippen LogP contribution in [-0.4, -0.2) is 50.2 Å². The number of esters is 1. The van der Waals surface area contributed by atoms with Crippen molar-refractivity contribution < 1.29 is 9.53 Å². The Morgan fingerprint density at radius 1 is 1.67 bits per heavy atom. The molecule has 15 heavy (non-hydrogen) atoms. The highest BCUT2D eigenvalue weighted by atomic mass is 16.5. The molecule has 0 radical (unpaired) electrons. The number of likely N-dealkylation sites (N-methyl/N-ethyl adjacent to an activating group) is 1. The summed E-state index contributed by atoms with van der Waals surface area (Å²) >= 11 is 0. The summed E-state index contributed by atoms with van der Waals surface area (Å²) in [7, 11) is 3.53. The molecule has 1 fully saturated rings. The van der Waals surface area contributed by atoms with E-state index in [0.29, 0.717) is 12.5 Å². The average Bonchev–Trinajstić information content (AvgIpc) is 2.29. The number of carbonyl (C=O) groups is 1. The lowest BCUT2D eigenvalue weighted by Gasteiger charge is -2.35. The first-order valence-electron chi connectivity index (χ1n) is 5.64. The topological polar surface area (TPSA) is 41.6 Å². The van der Waals surface area contributed by atoms with Crippen LogP contribution >= 0.6 is 0 Å². The molecule has 1 saturated heterocycles. The molecule has 1 heterocycles. The lowest BCUT2D eigenvalue weighted by molar-refractivity contribution is -0.142. The third kappa shape index (κ3) is 3.80. The highest BCUT2D eigenvalue weighted by Gasteiger charge is 2.23. The number of hydrogen-bond donors (Lipinski definition) is 1. The smallest absolute Gasteiger partial charge is 0.307 e. The van der Waals surface area contributed by atoms with Crippen LogP contribution in [0.4, 0.5) is 0 Å². The van der Waals surface area contributed by atoms with Crippen LogP contribution in [0.3, 0.4) is 0 Å². The molecule has 2 unspecified atom stereocenters. The molecule has 4 heteroatoms. The van der Waals surface area contributed by atoms with Crippen LogP contribution in [-0.2, 0) is 9.53 Å². The molecule has 0 saturated carbocycles. The van der Waals surface area contributed by atoms with E-state index in [4.69, 9.17) is 0 Å². The molecular formula is C11H22N2O2. The van der Waals surface area contributed by atoms with E-state index >= 15 is 0 Å². The van der Waals surface area contributed by atoms with E-state index < -0.39 is 0 Å². The summed E-state index contributed by atoms with van der Waals surface area (Å²) in [6.07, 6.45) is 2.92. The zero-order chi connectivity index (χ0) is 11.3. The fourth-order valence-electron chi connectivity index (χ4n) is 2.01. The molecule has 0 spiro atoms. The molecule has 2 atom stereocenters. The second kappa shape index (κ2) is 6.08. The van der Waals surface area contributed by atoms with E-state index in [1.54, 1.807) is 0 Å². The Hall–Kier alpha value is -0.610. The van der Waals surface area contributed by atoms with Gasteiger partial charge in [-0.2, -0.15) is 0 Å². The fraction of sp³-hybridized carbons (Fsp3) is 0.909. The van der Waals surface area contributed by atoms with Gasteiger partial charge in [0.25, 0.3) is 0 Å².